The van der Waals surface area contributed by atoms with Crippen LogP contribution in [0.3, 0.4) is 0 Å². The smallest absolute Gasteiger partial charge is 0.387 e. The highest BCUT2D eigenvalue weighted by atomic mass is 19.3. The normalized spacial score (nSPS) is 14.8. The molecule has 3 aromatic rings. The number of halogens is 2. The predicted molar refractivity (Wildman–Crippen MR) is 128 cm³/mol. The average molecular weight is 497 g/mol. The van der Waals surface area contributed by atoms with Gasteiger partial charge in [0, 0.05) is 23.0 Å². The minimum Gasteiger partial charge on any atom is -0.486 e. The molecular formula is C27H25F2NO6. The Bertz CT molecular complexity index is 1270. The standard InChI is InChI=1S/C27H25F2NO6/c1-17-13-22(18(2)30(17)14-21-15-33-24-5-3-4-6-25(24)35-21)23(31)16-34-26(32)12-9-19-7-10-20(11-8-19)36-27(28)29/h3-13,21,27H,14-16H2,1-2H3. The first-order valence-electron chi connectivity index (χ1n) is 11.3. The van der Waals surface area contributed by atoms with Crippen LogP contribution in [0, 0.1) is 13.8 Å². The molecule has 0 N–H and O–H groups in total. The molecule has 1 aliphatic rings. The van der Waals surface area contributed by atoms with Crippen molar-refractivity contribution >= 4 is 17.8 Å². The third-order valence-electron chi connectivity index (χ3n) is 5.69. The molecule has 1 atom stereocenters. The fourth-order valence-electron chi connectivity index (χ4n) is 3.91. The molecule has 2 heterocycles. The summed E-state index contributed by atoms with van der Waals surface area (Å²) in [6, 6.07) is 15.0. The van der Waals surface area contributed by atoms with E-state index in [-0.39, 0.29) is 17.6 Å². The van der Waals surface area contributed by atoms with Crippen molar-refractivity contribution in [1.82, 2.24) is 4.57 Å². The van der Waals surface area contributed by atoms with Crippen LogP contribution in [0.2, 0.25) is 0 Å². The zero-order valence-electron chi connectivity index (χ0n) is 19.8. The Morgan fingerprint density at radius 2 is 1.83 bits per heavy atom. The van der Waals surface area contributed by atoms with Crippen LogP contribution in [0.4, 0.5) is 8.78 Å². The molecule has 9 heteroatoms. The highest BCUT2D eigenvalue weighted by Gasteiger charge is 2.24. The van der Waals surface area contributed by atoms with Crippen LogP contribution in [-0.4, -0.2) is 42.2 Å². The Kier molecular flexibility index (Phi) is 7.68. The number of Topliss-reactive ketones (excluding diaryl/α,β-unsaturated/α-hetero) is 1. The van der Waals surface area contributed by atoms with Crippen molar-refractivity contribution in [1.29, 1.82) is 0 Å². The summed E-state index contributed by atoms with van der Waals surface area (Å²) in [6.45, 7) is 1.31. The lowest BCUT2D eigenvalue weighted by Crippen LogP contribution is -2.33. The zero-order chi connectivity index (χ0) is 25.7. The van der Waals surface area contributed by atoms with Gasteiger partial charge in [0.05, 0.1) is 6.54 Å². The number of aryl methyl sites for hydroxylation is 1. The molecule has 0 fully saturated rings. The number of alkyl halides is 2. The van der Waals surface area contributed by atoms with Gasteiger partial charge in [-0.1, -0.05) is 24.3 Å². The summed E-state index contributed by atoms with van der Waals surface area (Å²) in [7, 11) is 0. The second-order valence-electron chi connectivity index (χ2n) is 8.20. The van der Waals surface area contributed by atoms with Gasteiger partial charge in [0.25, 0.3) is 0 Å². The number of carbonyl (C=O) groups excluding carboxylic acids is 2. The highest BCUT2D eigenvalue weighted by Crippen LogP contribution is 2.31. The number of ketones is 1. The van der Waals surface area contributed by atoms with Crippen LogP contribution in [0.25, 0.3) is 6.08 Å². The Morgan fingerprint density at radius 3 is 2.56 bits per heavy atom. The van der Waals surface area contributed by atoms with Gasteiger partial charge in [-0.15, -0.1) is 0 Å². The van der Waals surface area contributed by atoms with Gasteiger partial charge in [-0.2, -0.15) is 8.78 Å². The quantitative estimate of drug-likeness (QED) is 0.236. The maximum absolute atomic E-state index is 12.7. The number of hydrogen-bond acceptors (Lipinski definition) is 6. The van der Waals surface area contributed by atoms with Crippen LogP contribution in [0.15, 0.2) is 60.7 Å². The first kappa shape index (κ1) is 25.0. The minimum atomic E-state index is -2.91. The maximum atomic E-state index is 12.7. The van der Waals surface area contributed by atoms with Crippen molar-refractivity contribution < 1.29 is 37.3 Å². The highest BCUT2D eigenvalue weighted by molar-refractivity contribution is 6.00. The van der Waals surface area contributed by atoms with E-state index in [4.69, 9.17) is 14.2 Å². The molecule has 0 spiro atoms. The first-order valence-corrected chi connectivity index (χ1v) is 11.3. The zero-order valence-corrected chi connectivity index (χ0v) is 19.8. The van der Waals surface area contributed by atoms with E-state index in [0.717, 1.165) is 17.5 Å². The number of nitrogens with zero attached hydrogens (tertiary/aromatic N) is 1. The summed E-state index contributed by atoms with van der Waals surface area (Å²) in [5.74, 6) is 0.386. The van der Waals surface area contributed by atoms with Crippen LogP contribution >= 0.6 is 0 Å². The molecule has 1 aliphatic heterocycles. The van der Waals surface area contributed by atoms with E-state index < -0.39 is 19.2 Å². The molecular weight excluding hydrogens is 472 g/mol. The molecule has 0 bridgehead atoms. The van der Waals surface area contributed by atoms with Crippen LogP contribution in [-0.2, 0) is 16.1 Å². The van der Waals surface area contributed by atoms with Crippen LogP contribution in [0.5, 0.6) is 17.2 Å². The van der Waals surface area contributed by atoms with Crippen molar-refractivity contribution in [3.05, 3.63) is 83.2 Å². The Morgan fingerprint density at radius 1 is 1.11 bits per heavy atom. The van der Waals surface area contributed by atoms with Crippen LogP contribution in [0.1, 0.15) is 27.3 Å². The Balaban J connectivity index is 1.32. The molecule has 0 saturated carbocycles. The summed E-state index contributed by atoms with van der Waals surface area (Å²) in [5, 5.41) is 0. The van der Waals surface area contributed by atoms with Crippen molar-refractivity contribution in [2.75, 3.05) is 13.2 Å². The minimum absolute atomic E-state index is 0.0142. The van der Waals surface area contributed by atoms with E-state index in [0.29, 0.717) is 35.8 Å². The van der Waals surface area contributed by atoms with Gasteiger partial charge >= 0.3 is 12.6 Å². The van der Waals surface area contributed by atoms with Gasteiger partial charge in [-0.25, -0.2) is 4.79 Å². The fraction of sp³-hybridized carbons (Fsp3) is 0.259. The number of carbonyl (C=O) groups is 2. The van der Waals surface area contributed by atoms with Gasteiger partial charge in [0.1, 0.15) is 12.4 Å². The number of aromatic nitrogens is 1. The number of fused-ring (bicyclic) bond motifs is 1. The van der Waals surface area contributed by atoms with E-state index in [9.17, 15) is 18.4 Å². The van der Waals surface area contributed by atoms with Crippen molar-refractivity contribution in [3.63, 3.8) is 0 Å². The molecule has 1 aromatic heterocycles. The SMILES string of the molecule is Cc1cc(C(=O)COC(=O)C=Cc2ccc(OC(F)F)cc2)c(C)n1CC1COc2ccccc2O1. The first-order chi connectivity index (χ1) is 17.3. The van der Waals surface area contributed by atoms with Gasteiger partial charge in [-0.05, 0) is 55.8 Å². The largest absolute Gasteiger partial charge is 0.486 e. The topological polar surface area (TPSA) is 76.0 Å². The lowest BCUT2D eigenvalue weighted by molar-refractivity contribution is -0.136. The number of rotatable bonds is 9. The average Bonchev–Trinajstić information content (AvgIpc) is 3.15. The molecule has 188 valence electrons. The molecule has 0 aliphatic carbocycles. The third-order valence-corrected chi connectivity index (χ3v) is 5.69. The van der Waals surface area contributed by atoms with E-state index >= 15 is 0 Å². The van der Waals surface area contributed by atoms with E-state index in [1.54, 1.807) is 6.07 Å². The summed E-state index contributed by atoms with van der Waals surface area (Å²) < 4.78 is 47.6. The number of esters is 1. The monoisotopic (exact) mass is 497 g/mol. The molecule has 0 amide bonds. The fourth-order valence-corrected chi connectivity index (χ4v) is 3.91. The Labute approximate surface area is 206 Å². The van der Waals surface area contributed by atoms with E-state index in [1.807, 2.05) is 42.7 Å². The maximum Gasteiger partial charge on any atom is 0.387 e. The lowest BCUT2D eigenvalue weighted by atomic mass is 10.1. The molecule has 36 heavy (non-hydrogen) atoms. The van der Waals surface area contributed by atoms with E-state index in [1.165, 1.54) is 30.3 Å². The molecule has 7 nitrogen and oxygen atoms in total. The molecule has 0 radical (unpaired) electrons. The van der Waals surface area contributed by atoms with Gasteiger partial charge in [-0.3, -0.25) is 4.79 Å². The Hall–Kier alpha value is -4.14. The predicted octanol–water partition coefficient (Wildman–Crippen LogP) is 4.99. The second kappa shape index (κ2) is 11.1. The summed E-state index contributed by atoms with van der Waals surface area (Å²) in [4.78, 5) is 24.8. The van der Waals surface area contributed by atoms with Gasteiger partial charge < -0.3 is 23.5 Å². The molecule has 1 unspecified atom stereocenters. The van der Waals surface area contributed by atoms with Crippen molar-refractivity contribution in [2.45, 2.75) is 33.1 Å². The van der Waals surface area contributed by atoms with Gasteiger partial charge in [0.2, 0.25) is 5.78 Å². The summed E-state index contributed by atoms with van der Waals surface area (Å²) in [5.41, 5.74) is 2.68. The van der Waals surface area contributed by atoms with Crippen molar-refractivity contribution in [3.8, 4) is 17.2 Å². The molecule has 4 rings (SSSR count). The second-order valence-corrected chi connectivity index (χ2v) is 8.20. The number of ether oxygens (including phenoxy) is 4. The van der Waals surface area contributed by atoms with Gasteiger partial charge in [0.15, 0.2) is 24.2 Å². The number of para-hydroxylation sites is 2. The summed E-state index contributed by atoms with van der Waals surface area (Å²) >= 11 is 0. The lowest BCUT2D eigenvalue weighted by Gasteiger charge is -2.27. The number of hydrogen-bond donors (Lipinski definition) is 0. The number of benzene rings is 2. The van der Waals surface area contributed by atoms with Crippen molar-refractivity contribution in [2.24, 2.45) is 0 Å². The molecule has 0 saturated heterocycles. The summed E-state index contributed by atoms with van der Waals surface area (Å²) in [6.07, 6.45) is 2.40. The molecule has 2 aromatic carbocycles. The van der Waals surface area contributed by atoms with E-state index in [2.05, 4.69) is 4.74 Å². The van der Waals surface area contributed by atoms with Crippen LogP contribution < -0.4 is 14.2 Å². The third kappa shape index (κ3) is 6.10.